The fourth-order valence-corrected chi connectivity index (χ4v) is 3.86. The zero-order chi connectivity index (χ0) is 18.2. The van der Waals surface area contributed by atoms with Gasteiger partial charge in [-0.3, -0.25) is 4.79 Å². The molecule has 2 fully saturated rings. The lowest BCUT2D eigenvalue weighted by Crippen LogP contribution is -2.18. The quantitative estimate of drug-likeness (QED) is 0.414. The van der Waals surface area contributed by atoms with E-state index in [1.54, 1.807) is 0 Å². The number of hydrogen-bond acceptors (Lipinski definition) is 4. The number of carboxylic acid groups (broad SMARTS) is 1. The number of hydrogen-bond donors (Lipinski definition) is 3. The molecule has 0 aromatic heterocycles. The smallest absolute Gasteiger partial charge is 0.303 e. The van der Waals surface area contributed by atoms with Gasteiger partial charge in [-0.2, -0.15) is 0 Å². The van der Waals surface area contributed by atoms with Crippen LogP contribution in [0.15, 0.2) is 24.0 Å². The minimum atomic E-state index is -0.770. The zero-order valence-electron chi connectivity index (χ0n) is 15.1. The lowest BCUT2D eigenvalue weighted by atomic mass is 9.90. The van der Waals surface area contributed by atoms with Gasteiger partial charge in [-0.25, -0.2) is 0 Å². The van der Waals surface area contributed by atoms with Crippen LogP contribution in [0.1, 0.15) is 64.7 Å². The summed E-state index contributed by atoms with van der Waals surface area (Å²) in [4.78, 5) is 10.5. The standard InChI is InChI=1S/C20H32O5/c1-2-3-4-7-14(21)10-11-16-17-12-15(8-5-6-9-20(23)24)25-19(17)13-18(16)22/h8,10-11,14,16-19,21-22H,2-7,9,12-13H2,1H3,(H,23,24)/b11-10+,15-8-/t14-,16+,17+,18+,19+/m0/s1. The van der Waals surface area contributed by atoms with Crippen molar-refractivity contribution in [1.82, 2.24) is 0 Å². The SMILES string of the molecule is CCCCC[C@H](O)/C=C/[C@@H]1[C@H]2C/C(=C/CCCC(=O)O)O[C@@H]2C[C@H]1O. The Kier molecular flexibility index (Phi) is 7.97. The Balaban J connectivity index is 1.83. The van der Waals surface area contributed by atoms with Gasteiger partial charge in [0, 0.05) is 31.1 Å². The number of ether oxygens (including phenoxy) is 1. The second-order valence-corrected chi connectivity index (χ2v) is 7.31. The molecule has 0 radical (unpaired) electrons. The van der Waals surface area contributed by atoms with Gasteiger partial charge in [0.25, 0.3) is 0 Å². The monoisotopic (exact) mass is 352 g/mol. The highest BCUT2D eigenvalue weighted by Crippen LogP contribution is 2.45. The fourth-order valence-electron chi connectivity index (χ4n) is 3.86. The van der Waals surface area contributed by atoms with Crippen LogP contribution in [0.3, 0.4) is 0 Å². The predicted octanol–water partition coefficient (Wildman–Crippen LogP) is 3.41. The van der Waals surface area contributed by atoms with Crippen LogP contribution in [0.2, 0.25) is 0 Å². The summed E-state index contributed by atoms with van der Waals surface area (Å²) in [6.45, 7) is 2.14. The highest BCUT2D eigenvalue weighted by Gasteiger charge is 2.46. The molecule has 1 saturated carbocycles. The molecule has 0 spiro atoms. The van der Waals surface area contributed by atoms with Gasteiger partial charge in [0.05, 0.1) is 18.0 Å². The van der Waals surface area contributed by atoms with Crippen LogP contribution >= 0.6 is 0 Å². The molecule has 0 unspecified atom stereocenters. The fraction of sp³-hybridized carbons (Fsp3) is 0.750. The molecule has 0 aromatic rings. The number of carboxylic acids is 1. The normalized spacial score (nSPS) is 31.4. The summed E-state index contributed by atoms with van der Waals surface area (Å²) < 4.78 is 5.94. The van der Waals surface area contributed by atoms with Gasteiger partial charge in [-0.1, -0.05) is 38.3 Å². The number of aliphatic hydroxyl groups excluding tert-OH is 2. The Morgan fingerprint density at radius 2 is 2.16 bits per heavy atom. The third-order valence-corrected chi connectivity index (χ3v) is 5.26. The molecule has 142 valence electrons. The largest absolute Gasteiger partial charge is 0.495 e. The number of fused-ring (bicyclic) bond motifs is 1. The topological polar surface area (TPSA) is 87.0 Å². The Hall–Kier alpha value is -1.33. The maximum Gasteiger partial charge on any atom is 0.303 e. The summed E-state index contributed by atoms with van der Waals surface area (Å²) in [6, 6.07) is 0. The molecule has 2 aliphatic rings. The number of aliphatic carboxylic acids is 1. The van der Waals surface area contributed by atoms with Crippen molar-refractivity contribution in [3.05, 3.63) is 24.0 Å². The summed E-state index contributed by atoms with van der Waals surface area (Å²) in [6.07, 6.45) is 12.0. The van der Waals surface area contributed by atoms with E-state index in [2.05, 4.69) is 6.92 Å². The van der Waals surface area contributed by atoms with Crippen LogP contribution in [0, 0.1) is 11.8 Å². The second kappa shape index (κ2) is 9.97. The van der Waals surface area contributed by atoms with E-state index < -0.39 is 18.2 Å². The molecule has 3 N–H and O–H groups in total. The Morgan fingerprint density at radius 3 is 2.88 bits per heavy atom. The molecule has 0 bridgehead atoms. The van der Waals surface area contributed by atoms with Gasteiger partial charge in [-0.05, 0) is 25.3 Å². The molecule has 25 heavy (non-hydrogen) atoms. The van der Waals surface area contributed by atoms with Crippen LogP contribution < -0.4 is 0 Å². The molecule has 0 aromatic carbocycles. The van der Waals surface area contributed by atoms with E-state index in [0.29, 0.717) is 19.3 Å². The van der Waals surface area contributed by atoms with Gasteiger partial charge in [0.2, 0.25) is 0 Å². The molecule has 1 aliphatic heterocycles. The number of rotatable bonds is 10. The summed E-state index contributed by atoms with van der Waals surface area (Å²) in [5.74, 6) is 0.429. The molecular formula is C20H32O5. The number of aliphatic hydroxyl groups is 2. The van der Waals surface area contributed by atoms with Gasteiger partial charge in [0.1, 0.15) is 6.10 Å². The van der Waals surface area contributed by atoms with E-state index >= 15 is 0 Å². The first-order valence-corrected chi connectivity index (χ1v) is 9.63. The Bertz CT molecular complexity index is 484. The van der Waals surface area contributed by atoms with Crippen LogP contribution in [0.4, 0.5) is 0 Å². The minimum absolute atomic E-state index is 0.0238. The molecular weight excluding hydrogens is 320 g/mol. The molecule has 1 saturated heterocycles. The molecule has 1 aliphatic carbocycles. The summed E-state index contributed by atoms with van der Waals surface area (Å²) in [5.41, 5.74) is 0. The summed E-state index contributed by atoms with van der Waals surface area (Å²) in [7, 11) is 0. The molecule has 2 rings (SSSR count). The number of unbranched alkanes of at least 4 members (excludes halogenated alkanes) is 3. The average Bonchev–Trinajstić information content (AvgIpc) is 3.06. The van der Waals surface area contributed by atoms with Crippen molar-refractivity contribution in [1.29, 1.82) is 0 Å². The van der Waals surface area contributed by atoms with Crippen LogP contribution in [0.5, 0.6) is 0 Å². The minimum Gasteiger partial charge on any atom is -0.495 e. The maximum atomic E-state index is 10.5. The van der Waals surface area contributed by atoms with Crippen molar-refractivity contribution in [3.63, 3.8) is 0 Å². The third kappa shape index (κ3) is 6.15. The van der Waals surface area contributed by atoms with E-state index in [0.717, 1.165) is 37.9 Å². The number of carbonyl (C=O) groups is 1. The van der Waals surface area contributed by atoms with Crippen LogP contribution in [-0.4, -0.2) is 39.6 Å². The Labute approximate surface area is 150 Å². The van der Waals surface area contributed by atoms with E-state index in [9.17, 15) is 15.0 Å². The molecule has 5 nitrogen and oxygen atoms in total. The predicted molar refractivity (Wildman–Crippen MR) is 96.0 cm³/mol. The summed E-state index contributed by atoms with van der Waals surface area (Å²) >= 11 is 0. The Morgan fingerprint density at radius 1 is 1.36 bits per heavy atom. The zero-order valence-corrected chi connectivity index (χ0v) is 15.1. The first-order chi connectivity index (χ1) is 12.0. The first kappa shape index (κ1) is 20.0. The van der Waals surface area contributed by atoms with E-state index in [1.807, 2.05) is 18.2 Å². The van der Waals surface area contributed by atoms with Crippen LogP contribution in [0.25, 0.3) is 0 Å². The van der Waals surface area contributed by atoms with E-state index in [-0.39, 0.29) is 24.4 Å². The van der Waals surface area contributed by atoms with E-state index in [1.165, 1.54) is 0 Å². The van der Waals surface area contributed by atoms with Crippen molar-refractivity contribution in [3.8, 4) is 0 Å². The van der Waals surface area contributed by atoms with E-state index in [4.69, 9.17) is 9.84 Å². The first-order valence-electron chi connectivity index (χ1n) is 9.63. The summed E-state index contributed by atoms with van der Waals surface area (Å²) in [5, 5.41) is 29.0. The highest BCUT2D eigenvalue weighted by molar-refractivity contribution is 5.66. The third-order valence-electron chi connectivity index (χ3n) is 5.26. The van der Waals surface area contributed by atoms with Crippen molar-refractivity contribution in [2.75, 3.05) is 0 Å². The van der Waals surface area contributed by atoms with Crippen molar-refractivity contribution >= 4 is 5.97 Å². The van der Waals surface area contributed by atoms with Gasteiger partial charge < -0.3 is 20.1 Å². The number of allylic oxidation sites excluding steroid dienone is 2. The molecule has 1 heterocycles. The van der Waals surface area contributed by atoms with Crippen molar-refractivity contribution < 1.29 is 24.9 Å². The maximum absolute atomic E-state index is 10.5. The van der Waals surface area contributed by atoms with Crippen molar-refractivity contribution in [2.45, 2.75) is 83.0 Å². The van der Waals surface area contributed by atoms with Crippen molar-refractivity contribution in [2.24, 2.45) is 11.8 Å². The lowest BCUT2D eigenvalue weighted by Gasteiger charge is -2.16. The van der Waals surface area contributed by atoms with Gasteiger partial charge in [0.15, 0.2) is 0 Å². The average molecular weight is 352 g/mol. The molecule has 0 amide bonds. The molecule has 5 atom stereocenters. The molecule has 5 heteroatoms. The lowest BCUT2D eigenvalue weighted by molar-refractivity contribution is -0.137. The second-order valence-electron chi connectivity index (χ2n) is 7.31. The van der Waals surface area contributed by atoms with Crippen LogP contribution in [-0.2, 0) is 9.53 Å². The van der Waals surface area contributed by atoms with Gasteiger partial charge in [-0.15, -0.1) is 0 Å². The highest BCUT2D eigenvalue weighted by atomic mass is 16.5. The van der Waals surface area contributed by atoms with Gasteiger partial charge >= 0.3 is 5.97 Å².